The number of fused-ring (bicyclic) bond motifs is 4. The van der Waals surface area contributed by atoms with Crippen molar-refractivity contribution in [2.75, 3.05) is 0 Å². The smallest absolute Gasteiger partial charge is 0.256 e. The predicted octanol–water partition coefficient (Wildman–Crippen LogP) is 7.54. The van der Waals surface area contributed by atoms with Crippen molar-refractivity contribution in [2.24, 2.45) is 0 Å². The molecule has 29 heavy (non-hydrogen) atoms. The van der Waals surface area contributed by atoms with Crippen molar-refractivity contribution in [1.29, 1.82) is 0 Å². The van der Waals surface area contributed by atoms with Crippen LogP contribution in [0.3, 0.4) is 0 Å². The Morgan fingerprint density at radius 2 is 1.45 bits per heavy atom. The first-order chi connectivity index (χ1) is 13.9. The summed E-state index contributed by atoms with van der Waals surface area (Å²) in [6, 6.07) is 21.7. The van der Waals surface area contributed by atoms with Gasteiger partial charge in [0.2, 0.25) is 0 Å². The molecule has 0 bridgehead atoms. The lowest BCUT2D eigenvalue weighted by atomic mass is 9.94. The molecule has 0 aliphatic rings. The first-order valence-corrected chi connectivity index (χ1v) is 9.30. The molecular weight excluding hydrogens is 371 g/mol. The van der Waals surface area contributed by atoms with E-state index in [4.69, 9.17) is 0 Å². The highest BCUT2D eigenvalue weighted by Crippen LogP contribution is 2.39. The van der Waals surface area contributed by atoms with Gasteiger partial charge in [-0.3, -0.25) is 4.98 Å². The lowest BCUT2D eigenvalue weighted by Crippen LogP contribution is -2.06. The van der Waals surface area contributed by atoms with Crippen LogP contribution in [-0.2, 0) is 6.18 Å². The van der Waals surface area contributed by atoms with Gasteiger partial charge in [-0.25, -0.2) is 0 Å². The van der Waals surface area contributed by atoms with Crippen molar-refractivity contribution in [1.82, 2.24) is 4.98 Å². The zero-order valence-electron chi connectivity index (χ0n) is 15.6. The molecule has 0 aliphatic carbocycles. The molecule has 0 atom stereocenters. The fraction of sp³-hybridized carbons (Fsp3) is 0.0800. The molecule has 1 heterocycles. The van der Waals surface area contributed by atoms with Gasteiger partial charge in [0, 0.05) is 17.1 Å². The summed E-state index contributed by atoms with van der Waals surface area (Å²) in [5, 5.41) is 4.73. The van der Waals surface area contributed by atoms with Crippen molar-refractivity contribution in [3.05, 3.63) is 90.1 Å². The SMILES string of the molecule is Cc1ccc2c(ccc3c(-c4cc(C(F)(F)F)c5ccccc5c4)nccc32)c1. The third-order valence-corrected chi connectivity index (χ3v) is 5.36. The lowest BCUT2D eigenvalue weighted by Gasteiger charge is -2.14. The van der Waals surface area contributed by atoms with Crippen molar-refractivity contribution < 1.29 is 13.2 Å². The molecule has 1 nitrogen and oxygen atoms in total. The van der Waals surface area contributed by atoms with Crippen molar-refractivity contribution in [2.45, 2.75) is 13.1 Å². The van der Waals surface area contributed by atoms with Crippen LogP contribution in [0.15, 0.2) is 79.0 Å². The molecule has 0 amide bonds. The fourth-order valence-electron chi connectivity index (χ4n) is 4.03. The Labute approximate surface area is 165 Å². The van der Waals surface area contributed by atoms with Gasteiger partial charge in [-0.1, -0.05) is 60.2 Å². The van der Waals surface area contributed by atoms with E-state index in [2.05, 4.69) is 17.1 Å². The highest BCUT2D eigenvalue weighted by molar-refractivity contribution is 6.11. The maximum atomic E-state index is 13.8. The molecule has 0 N–H and O–H groups in total. The summed E-state index contributed by atoms with van der Waals surface area (Å²) < 4.78 is 41.3. The third-order valence-electron chi connectivity index (χ3n) is 5.36. The van der Waals surface area contributed by atoms with E-state index in [0.29, 0.717) is 16.6 Å². The molecule has 5 rings (SSSR count). The second-order valence-corrected chi connectivity index (χ2v) is 7.29. The van der Waals surface area contributed by atoms with Gasteiger partial charge in [0.05, 0.1) is 11.3 Å². The van der Waals surface area contributed by atoms with E-state index in [0.717, 1.165) is 27.1 Å². The minimum absolute atomic E-state index is 0.199. The van der Waals surface area contributed by atoms with Crippen LogP contribution in [0.1, 0.15) is 11.1 Å². The molecule has 0 aliphatic heterocycles. The number of hydrogen-bond donors (Lipinski definition) is 0. The van der Waals surface area contributed by atoms with Crippen LogP contribution in [0.4, 0.5) is 13.2 Å². The molecule has 1 aromatic heterocycles. The lowest BCUT2D eigenvalue weighted by molar-refractivity contribution is -0.136. The summed E-state index contributed by atoms with van der Waals surface area (Å²) in [4.78, 5) is 4.46. The molecular formula is C25H16F3N. The summed E-state index contributed by atoms with van der Waals surface area (Å²) in [7, 11) is 0. The van der Waals surface area contributed by atoms with Crippen LogP contribution in [0.5, 0.6) is 0 Å². The van der Waals surface area contributed by atoms with Gasteiger partial charge in [0.1, 0.15) is 0 Å². The zero-order valence-corrected chi connectivity index (χ0v) is 15.6. The quantitative estimate of drug-likeness (QED) is 0.271. The molecule has 0 saturated carbocycles. The number of alkyl halides is 3. The van der Waals surface area contributed by atoms with Gasteiger partial charge in [-0.15, -0.1) is 0 Å². The van der Waals surface area contributed by atoms with Crippen LogP contribution in [0.25, 0.3) is 43.6 Å². The maximum Gasteiger partial charge on any atom is 0.417 e. The standard InChI is InChI=1S/C25H16F3N/c1-15-6-8-19-17(12-15)7-9-22-21(19)10-11-29-24(22)18-13-16-4-2-3-5-20(16)23(14-18)25(26,27)28/h2-14H,1H3. The van der Waals surface area contributed by atoms with Gasteiger partial charge in [-0.05, 0) is 52.1 Å². The molecule has 4 heteroatoms. The fourth-order valence-corrected chi connectivity index (χ4v) is 4.03. The normalized spacial score (nSPS) is 12.1. The van der Waals surface area contributed by atoms with Crippen molar-refractivity contribution in [3.63, 3.8) is 0 Å². The van der Waals surface area contributed by atoms with Crippen molar-refractivity contribution >= 4 is 32.3 Å². The van der Waals surface area contributed by atoms with Crippen LogP contribution in [-0.4, -0.2) is 4.98 Å². The summed E-state index contributed by atoms with van der Waals surface area (Å²) in [6.45, 7) is 2.04. The van der Waals surface area contributed by atoms with Gasteiger partial charge in [-0.2, -0.15) is 13.2 Å². The van der Waals surface area contributed by atoms with E-state index in [1.54, 1.807) is 30.5 Å². The van der Waals surface area contributed by atoms with E-state index < -0.39 is 11.7 Å². The van der Waals surface area contributed by atoms with E-state index in [1.807, 2.05) is 31.2 Å². The Kier molecular flexibility index (Phi) is 3.85. The minimum Gasteiger partial charge on any atom is -0.256 e. The molecule has 142 valence electrons. The first-order valence-electron chi connectivity index (χ1n) is 9.30. The molecule has 0 radical (unpaired) electrons. The average molecular weight is 387 g/mol. The number of rotatable bonds is 1. The second kappa shape index (κ2) is 6.31. The first kappa shape index (κ1) is 17.7. The molecule has 0 spiro atoms. The number of aryl methyl sites for hydroxylation is 1. The third kappa shape index (κ3) is 2.92. The number of halogens is 3. The largest absolute Gasteiger partial charge is 0.417 e. The molecule has 5 aromatic rings. The number of nitrogens with zero attached hydrogens (tertiary/aromatic N) is 1. The number of benzene rings is 4. The topological polar surface area (TPSA) is 12.9 Å². The monoisotopic (exact) mass is 387 g/mol. The summed E-state index contributed by atoms with van der Waals surface area (Å²) >= 11 is 0. The Balaban J connectivity index is 1.84. The average Bonchev–Trinajstić information content (AvgIpc) is 2.71. The highest BCUT2D eigenvalue weighted by atomic mass is 19.4. The summed E-state index contributed by atoms with van der Waals surface area (Å²) in [6.07, 6.45) is -2.77. The van der Waals surface area contributed by atoms with Crippen LogP contribution < -0.4 is 0 Å². The van der Waals surface area contributed by atoms with Crippen LogP contribution in [0.2, 0.25) is 0 Å². The predicted molar refractivity (Wildman–Crippen MR) is 112 cm³/mol. The highest BCUT2D eigenvalue weighted by Gasteiger charge is 2.33. The number of hydrogen-bond acceptors (Lipinski definition) is 1. The van der Waals surface area contributed by atoms with E-state index in [9.17, 15) is 13.2 Å². The van der Waals surface area contributed by atoms with Gasteiger partial charge in [0.15, 0.2) is 0 Å². The van der Waals surface area contributed by atoms with Gasteiger partial charge < -0.3 is 0 Å². The Morgan fingerprint density at radius 3 is 2.28 bits per heavy atom. The van der Waals surface area contributed by atoms with E-state index in [-0.39, 0.29) is 5.39 Å². The molecule has 0 saturated heterocycles. The van der Waals surface area contributed by atoms with Crippen LogP contribution >= 0.6 is 0 Å². The molecule has 4 aromatic carbocycles. The molecule has 0 fully saturated rings. The number of pyridine rings is 1. The van der Waals surface area contributed by atoms with Gasteiger partial charge >= 0.3 is 6.18 Å². The van der Waals surface area contributed by atoms with Gasteiger partial charge in [0.25, 0.3) is 0 Å². The maximum absolute atomic E-state index is 13.8. The Bertz CT molecular complexity index is 1400. The Morgan fingerprint density at radius 1 is 0.690 bits per heavy atom. The summed E-state index contributed by atoms with van der Waals surface area (Å²) in [5.74, 6) is 0. The number of aromatic nitrogens is 1. The molecule has 0 unspecified atom stereocenters. The van der Waals surface area contributed by atoms with Crippen LogP contribution in [0, 0.1) is 6.92 Å². The second-order valence-electron chi connectivity index (χ2n) is 7.29. The van der Waals surface area contributed by atoms with E-state index in [1.165, 1.54) is 12.1 Å². The van der Waals surface area contributed by atoms with Crippen molar-refractivity contribution in [3.8, 4) is 11.3 Å². The Hall–Kier alpha value is -3.40. The zero-order chi connectivity index (χ0) is 20.2. The minimum atomic E-state index is -4.44. The van der Waals surface area contributed by atoms with E-state index >= 15 is 0 Å². The summed E-state index contributed by atoms with van der Waals surface area (Å²) in [5.41, 5.74) is 1.55.